The highest BCUT2D eigenvalue weighted by Crippen LogP contribution is 2.27. The minimum absolute atomic E-state index is 0.147. The van der Waals surface area contributed by atoms with Crippen LogP contribution < -0.4 is 5.32 Å². The fraction of sp³-hybridized carbons (Fsp3) is 0. The van der Waals surface area contributed by atoms with Crippen LogP contribution in [0.5, 0.6) is 0 Å². The number of nitrogens with zero attached hydrogens (tertiary/aromatic N) is 1. The van der Waals surface area contributed by atoms with Gasteiger partial charge in [0.25, 0.3) is 5.91 Å². The highest BCUT2D eigenvalue weighted by atomic mass is 32.1. The molecule has 3 nitrogen and oxygen atoms in total. The Balaban J connectivity index is 1.50. The van der Waals surface area contributed by atoms with Crippen molar-refractivity contribution in [2.24, 2.45) is 0 Å². The number of hydrogen-bond acceptors (Lipinski definition) is 3. The van der Waals surface area contributed by atoms with Crippen LogP contribution in [0.1, 0.15) is 10.4 Å². The van der Waals surface area contributed by atoms with Crippen molar-refractivity contribution in [1.29, 1.82) is 0 Å². The number of thiazole rings is 1. The average Bonchev–Trinajstić information content (AvgIpc) is 3.18. The third-order valence-corrected chi connectivity index (χ3v) is 4.81. The van der Waals surface area contributed by atoms with Gasteiger partial charge in [-0.25, -0.2) is 4.98 Å². The first-order valence-electron chi connectivity index (χ1n) is 8.27. The summed E-state index contributed by atoms with van der Waals surface area (Å²) in [6.07, 6.45) is 0. The zero-order valence-electron chi connectivity index (χ0n) is 13.9. The number of carbonyl (C=O) groups excluding carboxylic acids is 1. The fourth-order valence-electron chi connectivity index (χ4n) is 2.69. The van der Waals surface area contributed by atoms with E-state index in [1.807, 2.05) is 41.8 Å². The predicted molar refractivity (Wildman–Crippen MR) is 107 cm³/mol. The number of amides is 1. The Kier molecular flexibility index (Phi) is 4.58. The molecule has 1 N–H and O–H groups in total. The van der Waals surface area contributed by atoms with Gasteiger partial charge in [0.15, 0.2) is 5.13 Å². The van der Waals surface area contributed by atoms with Gasteiger partial charge in [0, 0.05) is 16.5 Å². The topological polar surface area (TPSA) is 42.0 Å². The largest absolute Gasteiger partial charge is 0.298 e. The molecule has 1 heterocycles. The van der Waals surface area contributed by atoms with E-state index in [1.54, 1.807) is 12.1 Å². The van der Waals surface area contributed by atoms with Crippen LogP contribution in [0.2, 0.25) is 0 Å². The van der Waals surface area contributed by atoms with Crippen molar-refractivity contribution in [3.63, 3.8) is 0 Å². The smallest absolute Gasteiger partial charge is 0.257 e. The van der Waals surface area contributed by atoms with Gasteiger partial charge in [0.1, 0.15) is 0 Å². The molecule has 0 spiro atoms. The van der Waals surface area contributed by atoms with Gasteiger partial charge in [-0.1, -0.05) is 72.8 Å². The molecular weight excluding hydrogens is 340 g/mol. The monoisotopic (exact) mass is 356 g/mol. The van der Waals surface area contributed by atoms with Crippen molar-refractivity contribution in [3.05, 3.63) is 95.9 Å². The zero-order valence-corrected chi connectivity index (χ0v) is 14.7. The molecule has 0 aliphatic heterocycles. The predicted octanol–water partition coefficient (Wildman–Crippen LogP) is 5.73. The number of rotatable bonds is 4. The number of hydrogen-bond donors (Lipinski definition) is 1. The van der Waals surface area contributed by atoms with Gasteiger partial charge in [0.2, 0.25) is 0 Å². The van der Waals surface area contributed by atoms with Crippen molar-refractivity contribution in [3.8, 4) is 22.4 Å². The van der Waals surface area contributed by atoms with E-state index < -0.39 is 0 Å². The molecule has 0 atom stereocenters. The van der Waals surface area contributed by atoms with Gasteiger partial charge in [0.05, 0.1) is 5.69 Å². The normalized spacial score (nSPS) is 10.5. The molecule has 4 rings (SSSR count). The van der Waals surface area contributed by atoms with Gasteiger partial charge < -0.3 is 0 Å². The van der Waals surface area contributed by atoms with E-state index >= 15 is 0 Å². The molecule has 0 aliphatic rings. The quantitative estimate of drug-likeness (QED) is 0.507. The Morgan fingerprint density at radius 2 is 1.31 bits per heavy atom. The molecule has 0 saturated carbocycles. The minimum atomic E-state index is -0.147. The maximum atomic E-state index is 12.2. The number of anilines is 1. The van der Waals surface area contributed by atoms with Crippen molar-refractivity contribution < 1.29 is 4.79 Å². The van der Waals surface area contributed by atoms with Gasteiger partial charge in [-0.3, -0.25) is 10.1 Å². The summed E-state index contributed by atoms with van der Waals surface area (Å²) in [6.45, 7) is 0. The molecule has 0 bridgehead atoms. The number of benzene rings is 3. The summed E-state index contributed by atoms with van der Waals surface area (Å²) in [5, 5.41) is 5.41. The number of aromatic nitrogens is 1. The molecule has 1 aromatic heterocycles. The lowest BCUT2D eigenvalue weighted by molar-refractivity contribution is 0.102. The molecular formula is C22H16N2OS. The standard InChI is InChI=1S/C22H16N2OS/c25-21(19-9-5-2-6-10-19)24-22-23-20(15-26-22)18-13-11-17(12-14-18)16-7-3-1-4-8-16/h1-15H,(H,23,24,25). The Bertz CT molecular complexity index is 1010. The summed E-state index contributed by atoms with van der Waals surface area (Å²) in [5.74, 6) is -0.147. The van der Waals surface area contributed by atoms with Crippen LogP contribution in [-0.2, 0) is 0 Å². The van der Waals surface area contributed by atoms with Crippen LogP contribution in [0.15, 0.2) is 90.3 Å². The summed E-state index contributed by atoms with van der Waals surface area (Å²) < 4.78 is 0. The highest BCUT2D eigenvalue weighted by molar-refractivity contribution is 7.14. The second-order valence-corrected chi connectivity index (χ2v) is 6.66. The molecule has 4 heteroatoms. The molecule has 26 heavy (non-hydrogen) atoms. The van der Waals surface area contributed by atoms with E-state index in [-0.39, 0.29) is 5.91 Å². The lowest BCUT2D eigenvalue weighted by Gasteiger charge is -2.03. The summed E-state index contributed by atoms with van der Waals surface area (Å²) in [7, 11) is 0. The maximum absolute atomic E-state index is 12.2. The molecule has 0 radical (unpaired) electrons. The number of carbonyl (C=O) groups is 1. The molecule has 0 unspecified atom stereocenters. The Morgan fingerprint density at radius 3 is 2.00 bits per heavy atom. The molecule has 3 aromatic carbocycles. The van der Waals surface area contributed by atoms with Crippen LogP contribution >= 0.6 is 11.3 Å². The van der Waals surface area contributed by atoms with Gasteiger partial charge in [-0.2, -0.15) is 0 Å². The summed E-state index contributed by atoms with van der Waals surface area (Å²) in [6, 6.07) is 27.7. The summed E-state index contributed by atoms with van der Waals surface area (Å²) in [5.41, 5.74) is 4.87. The third-order valence-electron chi connectivity index (χ3n) is 4.05. The Hall–Kier alpha value is -3.24. The van der Waals surface area contributed by atoms with Gasteiger partial charge in [-0.05, 0) is 23.3 Å². The van der Waals surface area contributed by atoms with Crippen LogP contribution in [0.3, 0.4) is 0 Å². The molecule has 0 saturated heterocycles. The van der Waals surface area contributed by atoms with E-state index in [4.69, 9.17) is 0 Å². The van der Waals surface area contributed by atoms with E-state index in [2.05, 4.69) is 46.7 Å². The first-order valence-corrected chi connectivity index (χ1v) is 9.15. The van der Waals surface area contributed by atoms with Crippen LogP contribution in [-0.4, -0.2) is 10.9 Å². The average molecular weight is 356 g/mol. The number of nitrogens with one attached hydrogen (secondary N) is 1. The van der Waals surface area contributed by atoms with Crippen molar-refractivity contribution in [1.82, 2.24) is 4.98 Å². The Morgan fingerprint density at radius 1 is 0.731 bits per heavy atom. The van der Waals surface area contributed by atoms with Crippen LogP contribution in [0, 0.1) is 0 Å². The maximum Gasteiger partial charge on any atom is 0.257 e. The van der Waals surface area contributed by atoms with Crippen LogP contribution in [0.4, 0.5) is 5.13 Å². The second-order valence-electron chi connectivity index (χ2n) is 5.80. The molecule has 4 aromatic rings. The van der Waals surface area contributed by atoms with E-state index in [1.165, 1.54) is 22.5 Å². The highest BCUT2D eigenvalue weighted by Gasteiger charge is 2.09. The third kappa shape index (κ3) is 3.55. The van der Waals surface area contributed by atoms with E-state index in [9.17, 15) is 4.79 Å². The summed E-state index contributed by atoms with van der Waals surface area (Å²) in [4.78, 5) is 16.8. The van der Waals surface area contributed by atoms with Crippen LogP contribution in [0.25, 0.3) is 22.4 Å². The van der Waals surface area contributed by atoms with Crippen molar-refractivity contribution >= 4 is 22.4 Å². The lowest BCUT2D eigenvalue weighted by Crippen LogP contribution is -2.11. The fourth-order valence-corrected chi connectivity index (χ4v) is 3.40. The van der Waals surface area contributed by atoms with Gasteiger partial charge in [-0.15, -0.1) is 11.3 Å². The molecule has 126 valence electrons. The SMILES string of the molecule is O=C(Nc1nc(-c2ccc(-c3ccccc3)cc2)cs1)c1ccccc1. The molecule has 1 amide bonds. The van der Waals surface area contributed by atoms with E-state index in [0.717, 1.165) is 11.3 Å². The van der Waals surface area contributed by atoms with E-state index in [0.29, 0.717) is 10.7 Å². The first-order chi connectivity index (χ1) is 12.8. The molecule has 0 fully saturated rings. The zero-order chi connectivity index (χ0) is 17.8. The first kappa shape index (κ1) is 16.2. The Labute approximate surface area is 156 Å². The second kappa shape index (κ2) is 7.33. The lowest BCUT2D eigenvalue weighted by atomic mass is 10.0. The van der Waals surface area contributed by atoms with Gasteiger partial charge >= 0.3 is 0 Å². The minimum Gasteiger partial charge on any atom is -0.298 e. The van der Waals surface area contributed by atoms with Crippen molar-refractivity contribution in [2.45, 2.75) is 0 Å². The molecule has 0 aliphatic carbocycles. The van der Waals surface area contributed by atoms with Crippen molar-refractivity contribution in [2.75, 3.05) is 5.32 Å². The summed E-state index contributed by atoms with van der Waals surface area (Å²) >= 11 is 1.42.